The largest absolute Gasteiger partial charge is 0.573 e. The Kier molecular flexibility index (Phi) is 5.26. The van der Waals surface area contributed by atoms with E-state index in [1.165, 1.54) is 24.3 Å². The van der Waals surface area contributed by atoms with Gasteiger partial charge < -0.3 is 25.5 Å². The fourth-order valence-corrected chi connectivity index (χ4v) is 2.51. The zero-order valence-corrected chi connectivity index (χ0v) is 15.6. The van der Waals surface area contributed by atoms with E-state index in [4.69, 9.17) is 10.5 Å². The molecule has 9 nitrogen and oxygen atoms in total. The fraction of sp³-hybridized carbons (Fsp3) is 0.0526. The Labute approximate surface area is 173 Å². The molecule has 0 unspecified atom stereocenters. The van der Waals surface area contributed by atoms with Crippen molar-refractivity contribution in [2.75, 3.05) is 11.1 Å². The molecular weight excluding hydrogens is 415 g/mol. The van der Waals surface area contributed by atoms with E-state index in [-0.39, 0.29) is 5.75 Å². The average Bonchev–Trinajstić information content (AvgIpc) is 3.19. The number of nitrogens with one attached hydrogen (secondary N) is 2. The zero-order chi connectivity index (χ0) is 21.8. The van der Waals surface area contributed by atoms with E-state index in [1.54, 1.807) is 36.4 Å². The molecule has 158 valence electrons. The Balaban J connectivity index is 1.39. The van der Waals surface area contributed by atoms with Gasteiger partial charge in [-0.3, -0.25) is 0 Å². The maximum Gasteiger partial charge on any atom is 0.573 e. The minimum Gasteiger partial charge on any atom is -0.438 e. The van der Waals surface area contributed by atoms with Crippen molar-refractivity contribution in [3.8, 4) is 28.8 Å². The molecule has 0 saturated carbocycles. The van der Waals surface area contributed by atoms with E-state index in [0.29, 0.717) is 34.9 Å². The molecule has 0 amide bonds. The summed E-state index contributed by atoms with van der Waals surface area (Å²) in [6.45, 7) is 0. The second kappa shape index (κ2) is 8.18. The normalized spacial score (nSPS) is 11.2. The summed E-state index contributed by atoms with van der Waals surface area (Å²) in [5.41, 5.74) is 6.73. The monoisotopic (exact) mass is 429 g/mol. The molecule has 0 radical (unpaired) electrons. The molecule has 0 aliphatic rings. The van der Waals surface area contributed by atoms with Crippen LogP contribution in [0, 0.1) is 0 Å². The molecule has 12 heteroatoms. The lowest BCUT2D eigenvalue weighted by atomic mass is 10.2. The average molecular weight is 429 g/mol. The first kappa shape index (κ1) is 19.9. The summed E-state index contributed by atoms with van der Waals surface area (Å²) in [5, 5.41) is 18.5. The van der Waals surface area contributed by atoms with Crippen LogP contribution in [0.15, 0.2) is 60.7 Å². The topological polar surface area (TPSA) is 124 Å². The van der Waals surface area contributed by atoms with Crippen molar-refractivity contribution in [2.45, 2.75) is 6.36 Å². The number of aromatic nitrogens is 5. The van der Waals surface area contributed by atoms with Crippen LogP contribution in [0.25, 0.3) is 11.4 Å². The highest BCUT2D eigenvalue weighted by atomic mass is 19.4. The minimum atomic E-state index is -4.74. The number of aromatic amines is 1. The van der Waals surface area contributed by atoms with Crippen LogP contribution in [0.5, 0.6) is 17.4 Å². The highest BCUT2D eigenvalue weighted by Gasteiger charge is 2.30. The number of nitrogens with two attached hydrogens (primary N) is 1. The number of halogens is 3. The smallest absolute Gasteiger partial charge is 0.438 e. The summed E-state index contributed by atoms with van der Waals surface area (Å²) < 4.78 is 46.1. The molecule has 0 bridgehead atoms. The summed E-state index contributed by atoms with van der Waals surface area (Å²) >= 11 is 0. The highest BCUT2D eigenvalue weighted by Crippen LogP contribution is 2.26. The van der Waals surface area contributed by atoms with Gasteiger partial charge in [-0.1, -0.05) is 0 Å². The summed E-state index contributed by atoms with van der Waals surface area (Å²) in [5.74, 6) is 1.63. The van der Waals surface area contributed by atoms with Crippen molar-refractivity contribution in [3.63, 3.8) is 0 Å². The van der Waals surface area contributed by atoms with Crippen LogP contribution >= 0.6 is 0 Å². The number of rotatable bonds is 6. The third-order valence-corrected chi connectivity index (χ3v) is 3.85. The van der Waals surface area contributed by atoms with Crippen molar-refractivity contribution in [1.82, 2.24) is 25.4 Å². The number of hydrogen-bond acceptors (Lipinski definition) is 8. The van der Waals surface area contributed by atoms with Crippen LogP contribution in [0.3, 0.4) is 0 Å². The maximum atomic E-state index is 12.2. The minimum absolute atomic E-state index is 0.294. The first-order chi connectivity index (χ1) is 14.8. The van der Waals surface area contributed by atoms with Gasteiger partial charge in [0, 0.05) is 17.3 Å². The molecule has 0 aliphatic carbocycles. The van der Waals surface area contributed by atoms with Crippen molar-refractivity contribution in [3.05, 3.63) is 60.7 Å². The summed E-state index contributed by atoms with van der Waals surface area (Å²) in [7, 11) is 0. The van der Waals surface area contributed by atoms with E-state index >= 15 is 0 Å². The third-order valence-electron chi connectivity index (χ3n) is 3.85. The molecule has 4 aromatic rings. The Morgan fingerprint density at radius 1 is 0.806 bits per heavy atom. The van der Waals surface area contributed by atoms with Crippen LogP contribution in [0.2, 0.25) is 0 Å². The Morgan fingerprint density at radius 3 is 2.16 bits per heavy atom. The van der Waals surface area contributed by atoms with Crippen molar-refractivity contribution in [1.29, 1.82) is 0 Å². The number of nitrogen functional groups attached to an aromatic ring is 1. The molecule has 2 aromatic carbocycles. The van der Waals surface area contributed by atoms with Gasteiger partial charge in [-0.05, 0) is 54.6 Å². The summed E-state index contributed by atoms with van der Waals surface area (Å²) in [6.07, 6.45) is -4.74. The Morgan fingerprint density at radius 2 is 1.52 bits per heavy atom. The van der Waals surface area contributed by atoms with Gasteiger partial charge in [-0.25, -0.2) is 0 Å². The van der Waals surface area contributed by atoms with Gasteiger partial charge in [-0.2, -0.15) is 0 Å². The lowest BCUT2D eigenvalue weighted by molar-refractivity contribution is -0.274. The number of anilines is 3. The van der Waals surface area contributed by atoms with E-state index in [0.717, 1.165) is 5.56 Å². The van der Waals surface area contributed by atoms with Gasteiger partial charge in [0.25, 0.3) is 0 Å². The standard InChI is InChI=1S/C19H14F3N7O2/c20-19(21,22)31-14-7-3-12(4-8-14)24-18-25-17(28-29-18)11-1-5-13(6-2-11)30-16-10-9-15(23)26-27-16/h1-10H,(H2,23,26)(H2,24,25,28,29). The maximum absolute atomic E-state index is 12.2. The van der Waals surface area contributed by atoms with Crippen LogP contribution in [-0.4, -0.2) is 31.7 Å². The fourth-order valence-electron chi connectivity index (χ4n) is 2.51. The zero-order valence-electron chi connectivity index (χ0n) is 15.6. The summed E-state index contributed by atoms with van der Waals surface area (Å²) in [4.78, 5) is 2.98. The number of H-pyrrole nitrogens is 1. The van der Waals surface area contributed by atoms with Crippen LogP contribution in [-0.2, 0) is 0 Å². The molecule has 0 saturated heterocycles. The van der Waals surface area contributed by atoms with Crippen molar-refractivity contribution < 1.29 is 22.6 Å². The molecule has 2 aromatic heterocycles. The molecule has 31 heavy (non-hydrogen) atoms. The molecule has 2 heterocycles. The number of alkyl halides is 3. The molecule has 4 rings (SSSR count). The van der Waals surface area contributed by atoms with E-state index in [1.807, 2.05) is 0 Å². The number of benzene rings is 2. The van der Waals surface area contributed by atoms with Crippen LogP contribution in [0.1, 0.15) is 0 Å². The molecule has 0 spiro atoms. The second-order valence-corrected chi connectivity index (χ2v) is 6.14. The molecule has 0 fully saturated rings. The quantitative estimate of drug-likeness (QED) is 0.415. The number of hydrogen-bond donors (Lipinski definition) is 3. The van der Waals surface area contributed by atoms with E-state index < -0.39 is 6.36 Å². The molecule has 4 N–H and O–H groups in total. The highest BCUT2D eigenvalue weighted by molar-refractivity contribution is 5.60. The van der Waals surface area contributed by atoms with Gasteiger partial charge in [0.15, 0.2) is 5.82 Å². The predicted octanol–water partition coefficient (Wildman–Crippen LogP) is 4.28. The molecule has 0 aliphatic heterocycles. The van der Waals surface area contributed by atoms with Gasteiger partial charge in [0.2, 0.25) is 11.8 Å². The predicted molar refractivity (Wildman–Crippen MR) is 105 cm³/mol. The lowest BCUT2D eigenvalue weighted by Crippen LogP contribution is -2.16. The Hall–Kier alpha value is -4.35. The van der Waals surface area contributed by atoms with Gasteiger partial charge in [0.05, 0.1) is 0 Å². The van der Waals surface area contributed by atoms with E-state index in [2.05, 4.69) is 35.4 Å². The first-order valence-electron chi connectivity index (χ1n) is 8.77. The SMILES string of the molecule is Nc1ccc(Oc2ccc(-c3nnc(Nc4ccc(OC(F)(F)F)cc4)[nH]3)cc2)nn1. The van der Waals surface area contributed by atoms with Gasteiger partial charge in [0.1, 0.15) is 17.3 Å². The number of ether oxygens (including phenoxy) is 2. The second-order valence-electron chi connectivity index (χ2n) is 6.14. The van der Waals surface area contributed by atoms with Gasteiger partial charge >= 0.3 is 6.36 Å². The molecule has 0 atom stereocenters. The summed E-state index contributed by atoms with van der Waals surface area (Å²) in [6, 6.07) is 15.4. The third kappa shape index (κ3) is 5.38. The Bertz CT molecular complexity index is 1150. The van der Waals surface area contributed by atoms with Crippen molar-refractivity contribution >= 4 is 17.5 Å². The lowest BCUT2D eigenvalue weighted by Gasteiger charge is -2.09. The van der Waals surface area contributed by atoms with Crippen molar-refractivity contribution in [2.24, 2.45) is 0 Å². The first-order valence-corrected chi connectivity index (χ1v) is 8.77. The molecular formula is C19H14F3N7O2. The van der Waals surface area contributed by atoms with Gasteiger partial charge in [-0.15, -0.1) is 33.6 Å². The van der Waals surface area contributed by atoms with Crippen LogP contribution < -0.4 is 20.5 Å². The van der Waals surface area contributed by atoms with Crippen LogP contribution in [0.4, 0.5) is 30.6 Å². The van der Waals surface area contributed by atoms with E-state index in [9.17, 15) is 13.2 Å². The number of nitrogens with zero attached hydrogens (tertiary/aromatic N) is 4.